The molecule has 0 aliphatic rings. The van der Waals surface area contributed by atoms with Gasteiger partial charge in [-0.15, -0.1) is 10.2 Å². The minimum Gasteiger partial charge on any atom is -0.494 e. The van der Waals surface area contributed by atoms with Crippen LogP contribution in [0.1, 0.15) is 28.7 Å². The monoisotopic (exact) mass is 573 g/mol. The Labute approximate surface area is 230 Å². The van der Waals surface area contributed by atoms with Gasteiger partial charge in [0.05, 0.1) is 30.2 Å². The molecular weight excluding hydrogens is 550 g/mol. The Hall–Kier alpha value is -4.39. The van der Waals surface area contributed by atoms with Crippen molar-refractivity contribution < 1.29 is 31.9 Å². The van der Waals surface area contributed by atoms with Gasteiger partial charge in [0.2, 0.25) is 5.91 Å². The van der Waals surface area contributed by atoms with Crippen LogP contribution in [-0.4, -0.2) is 38.9 Å². The van der Waals surface area contributed by atoms with Gasteiger partial charge in [-0.05, 0) is 67.6 Å². The van der Waals surface area contributed by atoms with Crippen LogP contribution < -0.4 is 15.4 Å². The number of hydrogen-bond acceptors (Lipinski definition) is 6. The third-order valence-electron chi connectivity index (χ3n) is 5.41. The van der Waals surface area contributed by atoms with Gasteiger partial charge in [-0.3, -0.25) is 14.2 Å². The van der Waals surface area contributed by atoms with Gasteiger partial charge in [0.25, 0.3) is 5.91 Å². The number of nitrogens with one attached hydrogen (secondary N) is 2. The van der Waals surface area contributed by atoms with Crippen molar-refractivity contribution in [2.24, 2.45) is 0 Å². The highest BCUT2D eigenvalue weighted by Gasteiger charge is 2.31. The molecule has 0 unspecified atom stereocenters. The van der Waals surface area contributed by atoms with Crippen LogP contribution in [-0.2, 0) is 17.5 Å². The van der Waals surface area contributed by atoms with Crippen LogP contribution in [0, 0.1) is 5.82 Å². The number of ether oxygens (including phenoxy) is 1. The predicted octanol–water partition coefficient (Wildman–Crippen LogP) is 5.48. The van der Waals surface area contributed by atoms with Crippen LogP contribution in [0.15, 0.2) is 78.0 Å². The molecule has 0 aliphatic carbocycles. The lowest BCUT2D eigenvalue weighted by molar-refractivity contribution is -0.137. The first kappa shape index (κ1) is 28.6. The second-order valence-electron chi connectivity index (χ2n) is 8.27. The largest absolute Gasteiger partial charge is 0.494 e. The number of amides is 2. The first-order valence-electron chi connectivity index (χ1n) is 11.9. The SMILES string of the molecule is CCOc1ccc(NC(=O)CSc2nnc(CNC(=O)c3cccc(F)c3)n2-c2cccc(C(F)(F)F)c2)cc1. The molecule has 0 saturated heterocycles. The van der Waals surface area contributed by atoms with E-state index in [1.807, 2.05) is 6.92 Å². The molecule has 1 aromatic heterocycles. The molecule has 208 valence electrons. The van der Waals surface area contributed by atoms with E-state index in [1.54, 1.807) is 24.3 Å². The zero-order valence-electron chi connectivity index (χ0n) is 21.0. The maximum absolute atomic E-state index is 13.5. The van der Waals surface area contributed by atoms with E-state index in [-0.39, 0.29) is 40.4 Å². The second-order valence-corrected chi connectivity index (χ2v) is 9.21. The third kappa shape index (κ3) is 7.38. The topological polar surface area (TPSA) is 98.1 Å². The summed E-state index contributed by atoms with van der Waals surface area (Å²) < 4.78 is 60.5. The standard InChI is InChI=1S/C27H23F4N5O3S/c1-2-39-22-11-9-20(10-12-22)33-24(37)16-40-26-35-34-23(15-32-25(38)17-5-3-7-19(28)13-17)36(26)21-8-4-6-18(14-21)27(29,30)31/h3-14H,2,15-16H2,1H3,(H,32,38)(H,33,37). The van der Waals surface area contributed by atoms with Crippen molar-refractivity contribution >= 4 is 29.3 Å². The maximum Gasteiger partial charge on any atom is 0.416 e. The molecule has 0 bridgehead atoms. The molecule has 8 nitrogen and oxygen atoms in total. The number of thioether (sulfide) groups is 1. The molecule has 0 saturated carbocycles. The molecule has 0 atom stereocenters. The number of nitrogens with zero attached hydrogens (tertiary/aromatic N) is 3. The molecule has 2 amide bonds. The number of carbonyl (C=O) groups is 2. The molecule has 4 rings (SSSR count). The van der Waals surface area contributed by atoms with Crippen LogP contribution in [0.25, 0.3) is 5.69 Å². The van der Waals surface area contributed by atoms with Crippen molar-refractivity contribution in [3.63, 3.8) is 0 Å². The van der Waals surface area contributed by atoms with Crippen LogP contribution in [0.4, 0.5) is 23.2 Å². The minimum absolute atomic E-state index is 0.0608. The summed E-state index contributed by atoms with van der Waals surface area (Å²) in [4.78, 5) is 25.1. The lowest BCUT2D eigenvalue weighted by Crippen LogP contribution is -2.25. The Bertz CT molecular complexity index is 1490. The van der Waals surface area contributed by atoms with E-state index in [0.29, 0.717) is 18.0 Å². The summed E-state index contributed by atoms with van der Waals surface area (Å²) >= 11 is 0.956. The average Bonchev–Trinajstić information content (AvgIpc) is 3.34. The van der Waals surface area contributed by atoms with Gasteiger partial charge in [0.15, 0.2) is 11.0 Å². The third-order valence-corrected chi connectivity index (χ3v) is 6.34. The smallest absolute Gasteiger partial charge is 0.416 e. The molecule has 0 aliphatic heterocycles. The van der Waals surface area contributed by atoms with Crippen molar-refractivity contribution in [3.05, 3.63) is 95.6 Å². The average molecular weight is 574 g/mol. The summed E-state index contributed by atoms with van der Waals surface area (Å²) in [6, 6.07) is 16.3. The van der Waals surface area contributed by atoms with E-state index in [2.05, 4.69) is 20.8 Å². The fourth-order valence-electron chi connectivity index (χ4n) is 3.61. The molecule has 1 heterocycles. The molecule has 3 aromatic carbocycles. The Kier molecular flexibility index (Phi) is 9.04. The van der Waals surface area contributed by atoms with E-state index < -0.39 is 23.5 Å². The molecule has 4 aromatic rings. The number of aromatic nitrogens is 3. The summed E-state index contributed by atoms with van der Waals surface area (Å²) in [5.41, 5.74) is -0.207. The van der Waals surface area contributed by atoms with Crippen molar-refractivity contribution in [2.45, 2.75) is 24.8 Å². The molecule has 40 heavy (non-hydrogen) atoms. The Morgan fingerprint density at radius 2 is 1.75 bits per heavy atom. The molecule has 0 spiro atoms. The van der Waals surface area contributed by atoms with Crippen LogP contribution in [0.2, 0.25) is 0 Å². The first-order valence-corrected chi connectivity index (χ1v) is 12.9. The van der Waals surface area contributed by atoms with Crippen molar-refractivity contribution in [1.82, 2.24) is 20.1 Å². The highest BCUT2D eigenvalue weighted by molar-refractivity contribution is 7.99. The van der Waals surface area contributed by atoms with E-state index in [9.17, 15) is 27.2 Å². The number of anilines is 1. The Morgan fingerprint density at radius 1 is 1.00 bits per heavy atom. The summed E-state index contributed by atoms with van der Waals surface area (Å²) in [6.07, 6.45) is -4.60. The molecule has 0 radical (unpaired) electrons. The van der Waals surface area contributed by atoms with Crippen molar-refractivity contribution in [1.29, 1.82) is 0 Å². The summed E-state index contributed by atoms with van der Waals surface area (Å²) in [6.45, 7) is 2.14. The molecular formula is C27H23F4N5O3S. The summed E-state index contributed by atoms with van der Waals surface area (Å²) in [5, 5.41) is 13.5. The predicted molar refractivity (Wildman–Crippen MR) is 141 cm³/mol. The lowest BCUT2D eigenvalue weighted by atomic mass is 10.2. The normalized spacial score (nSPS) is 11.2. The van der Waals surface area contributed by atoms with Gasteiger partial charge in [-0.1, -0.05) is 23.9 Å². The maximum atomic E-state index is 13.5. The van der Waals surface area contributed by atoms with E-state index in [4.69, 9.17) is 4.74 Å². The van der Waals surface area contributed by atoms with Gasteiger partial charge in [0.1, 0.15) is 11.6 Å². The highest BCUT2D eigenvalue weighted by Crippen LogP contribution is 2.32. The van der Waals surface area contributed by atoms with E-state index >= 15 is 0 Å². The van der Waals surface area contributed by atoms with Gasteiger partial charge in [0, 0.05) is 11.3 Å². The molecule has 13 heteroatoms. The fraction of sp³-hybridized carbons (Fsp3) is 0.185. The number of alkyl halides is 3. The Balaban J connectivity index is 1.53. The summed E-state index contributed by atoms with van der Waals surface area (Å²) in [5.74, 6) is -0.947. The fourth-order valence-corrected chi connectivity index (χ4v) is 4.38. The number of carbonyl (C=O) groups excluding carboxylic acids is 2. The second kappa shape index (κ2) is 12.6. The zero-order chi connectivity index (χ0) is 28.7. The number of benzene rings is 3. The quantitative estimate of drug-likeness (QED) is 0.193. The first-order chi connectivity index (χ1) is 19.1. The van der Waals surface area contributed by atoms with Gasteiger partial charge in [-0.2, -0.15) is 13.2 Å². The van der Waals surface area contributed by atoms with Crippen LogP contribution >= 0.6 is 11.8 Å². The number of rotatable bonds is 10. The zero-order valence-corrected chi connectivity index (χ0v) is 21.9. The highest BCUT2D eigenvalue weighted by atomic mass is 32.2. The van der Waals surface area contributed by atoms with Gasteiger partial charge in [-0.25, -0.2) is 4.39 Å². The molecule has 2 N–H and O–H groups in total. The van der Waals surface area contributed by atoms with E-state index in [1.165, 1.54) is 34.9 Å². The van der Waals surface area contributed by atoms with Gasteiger partial charge < -0.3 is 15.4 Å². The van der Waals surface area contributed by atoms with Crippen molar-refractivity contribution in [2.75, 3.05) is 17.7 Å². The van der Waals surface area contributed by atoms with Crippen LogP contribution in [0.5, 0.6) is 5.75 Å². The van der Waals surface area contributed by atoms with Crippen molar-refractivity contribution in [3.8, 4) is 11.4 Å². The number of halogens is 4. The summed E-state index contributed by atoms with van der Waals surface area (Å²) in [7, 11) is 0. The number of hydrogen-bond donors (Lipinski definition) is 2. The lowest BCUT2D eigenvalue weighted by Gasteiger charge is -2.13. The molecule has 0 fully saturated rings. The van der Waals surface area contributed by atoms with Gasteiger partial charge >= 0.3 is 6.18 Å². The van der Waals surface area contributed by atoms with E-state index in [0.717, 1.165) is 30.0 Å². The van der Waals surface area contributed by atoms with Crippen LogP contribution in [0.3, 0.4) is 0 Å². The minimum atomic E-state index is -4.60. The Morgan fingerprint density at radius 3 is 2.45 bits per heavy atom.